The van der Waals surface area contributed by atoms with Crippen molar-refractivity contribution in [2.45, 2.75) is 66.5 Å². The molecular weight excluding hydrogens is 366 g/mol. The third kappa shape index (κ3) is 7.03. The SMILES string of the molecule is CC(C)COC(=O)OC(=O)[C@@H](C[C@@H](N=[N+]=[N-])C1C[C@@H](C(C)C)C(=O)O1)C(C)C. The number of ether oxygens (including phenoxy) is 3. The van der Waals surface area contributed by atoms with E-state index in [1.54, 1.807) is 13.8 Å². The van der Waals surface area contributed by atoms with Crippen LogP contribution in [0.15, 0.2) is 5.11 Å². The molecule has 1 aliphatic rings. The van der Waals surface area contributed by atoms with E-state index in [0.29, 0.717) is 6.42 Å². The monoisotopic (exact) mass is 397 g/mol. The quantitative estimate of drug-likeness (QED) is 0.188. The number of azide groups is 1. The second-order valence-electron chi connectivity index (χ2n) is 8.30. The average molecular weight is 397 g/mol. The van der Waals surface area contributed by atoms with E-state index in [0.717, 1.165) is 0 Å². The predicted octanol–water partition coefficient (Wildman–Crippen LogP) is 4.25. The molecule has 0 aromatic rings. The van der Waals surface area contributed by atoms with Gasteiger partial charge in [-0.05, 0) is 36.1 Å². The normalized spacial score (nSPS) is 21.2. The molecule has 1 rings (SSSR count). The highest BCUT2D eigenvalue weighted by Crippen LogP contribution is 2.33. The summed E-state index contributed by atoms with van der Waals surface area (Å²) < 4.78 is 15.1. The van der Waals surface area contributed by atoms with Crippen LogP contribution in [-0.4, -0.2) is 36.8 Å². The number of nitrogens with zero attached hydrogens (tertiary/aromatic N) is 3. The van der Waals surface area contributed by atoms with E-state index >= 15 is 0 Å². The fourth-order valence-corrected chi connectivity index (χ4v) is 3.07. The Morgan fingerprint density at radius 1 is 1.25 bits per heavy atom. The lowest BCUT2D eigenvalue weighted by atomic mass is 9.85. The number of cyclic esters (lactones) is 1. The summed E-state index contributed by atoms with van der Waals surface area (Å²) >= 11 is 0. The molecule has 0 N–H and O–H groups in total. The van der Waals surface area contributed by atoms with Crippen LogP contribution >= 0.6 is 0 Å². The van der Waals surface area contributed by atoms with E-state index in [9.17, 15) is 14.4 Å². The van der Waals surface area contributed by atoms with Crippen LogP contribution in [0.5, 0.6) is 0 Å². The van der Waals surface area contributed by atoms with Crippen molar-refractivity contribution >= 4 is 18.1 Å². The highest BCUT2D eigenvalue weighted by atomic mass is 16.7. The van der Waals surface area contributed by atoms with Crippen LogP contribution < -0.4 is 0 Å². The molecule has 158 valence electrons. The summed E-state index contributed by atoms with van der Waals surface area (Å²) in [7, 11) is 0. The molecule has 1 heterocycles. The van der Waals surface area contributed by atoms with Gasteiger partial charge in [-0.25, -0.2) is 4.79 Å². The van der Waals surface area contributed by atoms with Crippen molar-refractivity contribution in [2.75, 3.05) is 6.61 Å². The largest absolute Gasteiger partial charge is 0.516 e. The van der Waals surface area contributed by atoms with Crippen LogP contribution in [0, 0.1) is 29.6 Å². The summed E-state index contributed by atoms with van der Waals surface area (Å²) in [6, 6.07) is -0.718. The molecule has 0 saturated carbocycles. The van der Waals surface area contributed by atoms with Gasteiger partial charge in [-0.15, -0.1) is 0 Å². The molecule has 0 bridgehead atoms. The summed E-state index contributed by atoms with van der Waals surface area (Å²) in [6.07, 6.45) is -1.10. The number of carbonyl (C=O) groups is 3. The lowest BCUT2D eigenvalue weighted by Crippen LogP contribution is -2.33. The molecule has 4 atom stereocenters. The van der Waals surface area contributed by atoms with Gasteiger partial charge in [-0.1, -0.05) is 46.7 Å². The van der Waals surface area contributed by atoms with Crippen molar-refractivity contribution in [1.29, 1.82) is 0 Å². The van der Waals surface area contributed by atoms with Gasteiger partial charge < -0.3 is 14.2 Å². The molecule has 0 aromatic heterocycles. The second kappa shape index (κ2) is 10.9. The molecule has 1 saturated heterocycles. The van der Waals surface area contributed by atoms with Gasteiger partial charge in [-0.2, -0.15) is 0 Å². The number of hydrogen-bond acceptors (Lipinski definition) is 7. The summed E-state index contributed by atoms with van der Waals surface area (Å²) in [5.74, 6) is -2.00. The van der Waals surface area contributed by atoms with Gasteiger partial charge in [0.05, 0.1) is 24.5 Å². The van der Waals surface area contributed by atoms with Crippen LogP contribution in [0.2, 0.25) is 0 Å². The van der Waals surface area contributed by atoms with Crippen molar-refractivity contribution in [3.63, 3.8) is 0 Å². The smallest absolute Gasteiger partial charge is 0.462 e. The van der Waals surface area contributed by atoms with Gasteiger partial charge in [0.25, 0.3) is 0 Å². The zero-order valence-electron chi connectivity index (χ0n) is 17.5. The molecule has 9 heteroatoms. The standard InChI is InChI=1S/C19H31N3O6/c1-10(2)9-26-19(25)28-18(24)13(11(3)4)7-15(21-22-20)16-8-14(12(5)6)17(23)27-16/h10-16H,7-9H2,1-6H3/t13-,14-,15+,16?/m0/s1. The third-order valence-electron chi connectivity index (χ3n) is 4.81. The fourth-order valence-electron chi connectivity index (χ4n) is 3.07. The molecule has 0 aromatic carbocycles. The molecule has 28 heavy (non-hydrogen) atoms. The van der Waals surface area contributed by atoms with Crippen molar-refractivity contribution in [3.05, 3.63) is 10.4 Å². The maximum atomic E-state index is 12.5. The van der Waals surface area contributed by atoms with Gasteiger partial charge in [0, 0.05) is 4.91 Å². The highest BCUT2D eigenvalue weighted by Gasteiger charge is 2.42. The number of esters is 2. The van der Waals surface area contributed by atoms with Crippen molar-refractivity contribution in [2.24, 2.45) is 34.7 Å². The summed E-state index contributed by atoms with van der Waals surface area (Å²) in [6.45, 7) is 11.3. The van der Waals surface area contributed by atoms with Gasteiger partial charge in [0.2, 0.25) is 0 Å². The van der Waals surface area contributed by atoms with Crippen molar-refractivity contribution in [3.8, 4) is 0 Å². The maximum Gasteiger partial charge on any atom is 0.516 e. The van der Waals surface area contributed by atoms with Gasteiger partial charge in [0.1, 0.15) is 6.10 Å². The molecule has 0 radical (unpaired) electrons. The molecule has 1 aliphatic heterocycles. The molecule has 0 amide bonds. The Morgan fingerprint density at radius 3 is 2.36 bits per heavy atom. The van der Waals surface area contributed by atoms with Crippen LogP contribution in [0.4, 0.5) is 4.79 Å². The zero-order valence-corrected chi connectivity index (χ0v) is 17.5. The fraction of sp³-hybridized carbons (Fsp3) is 0.842. The average Bonchev–Trinajstić information content (AvgIpc) is 2.98. The number of hydrogen-bond donors (Lipinski definition) is 0. The van der Waals surface area contributed by atoms with E-state index in [4.69, 9.17) is 19.7 Å². The van der Waals surface area contributed by atoms with Crippen LogP contribution in [-0.2, 0) is 23.8 Å². The third-order valence-corrected chi connectivity index (χ3v) is 4.81. The first-order valence-corrected chi connectivity index (χ1v) is 9.69. The number of rotatable bonds is 9. The van der Waals surface area contributed by atoms with E-state index < -0.39 is 30.2 Å². The first kappa shape index (κ1) is 23.8. The topological polar surface area (TPSA) is 128 Å². The van der Waals surface area contributed by atoms with Crippen molar-refractivity contribution in [1.82, 2.24) is 0 Å². The Balaban J connectivity index is 2.83. The van der Waals surface area contributed by atoms with E-state index in [1.807, 2.05) is 27.7 Å². The first-order valence-electron chi connectivity index (χ1n) is 9.69. The second-order valence-corrected chi connectivity index (χ2v) is 8.30. The minimum Gasteiger partial charge on any atom is -0.462 e. The molecule has 1 unspecified atom stereocenters. The Kier molecular flexibility index (Phi) is 9.25. The van der Waals surface area contributed by atoms with Crippen LogP contribution in [0.1, 0.15) is 54.4 Å². The lowest BCUT2D eigenvalue weighted by Gasteiger charge is -2.24. The molecule has 0 aliphatic carbocycles. The predicted molar refractivity (Wildman–Crippen MR) is 101 cm³/mol. The molecular formula is C19H31N3O6. The lowest BCUT2D eigenvalue weighted by molar-refractivity contribution is -0.147. The Morgan fingerprint density at radius 2 is 1.89 bits per heavy atom. The van der Waals surface area contributed by atoms with E-state index in [2.05, 4.69) is 10.0 Å². The molecule has 0 spiro atoms. The van der Waals surface area contributed by atoms with Crippen molar-refractivity contribution < 1.29 is 28.6 Å². The molecule has 9 nitrogen and oxygen atoms in total. The number of carbonyl (C=O) groups excluding carboxylic acids is 3. The first-order chi connectivity index (χ1) is 13.1. The maximum absolute atomic E-state index is 12.5. The van der Waals surface area contributed by atoms with Gasteiger partial charge in [0.15, 0.2) is 0 Å². The highest BCUT2D eigenvalue weighted by molar-refractivity contribution is 5.83. The van der Waals surface area contributed by atoms with Gasteiger partial charge in [-0.3, -0.25) is 9.59 Å². The van der Waals surface area contributed by atoms with E-state index in [1.165, 1.54) is 0 Å². The summed E-state index contributed by atoms with van der Waals surface area (Å²) in [5.41, 5.74) is 8.92. The zero-order chi connectivity index (χ0) is 21.4. The Labute approximate surface area is 165 Å². The summed E-state index contributed by atoms with van der Waals surface area (Å²) in [5, 5.41) is 3.76. The Hall–Kier alpha value is -2.28. The summed E-state index contributed by atoms with van der Waals surface area (Å²) in [4.78, 5) is 39.1. The minimum absolute atomic E-state index is 0.103. The van der Waals surface area contributed by atoms with Gasteiger partial charge >= 0.3 is 18.1 Å². The van der Waals surface area contributed by atoms with Crippen LogP contribution in [0.25, 0.3) is 10.4 Å². The Bertz CT molecular complexity index is 613. The molecule has 1 fully saturated rings. The van der Waals surface area contributed by atoms with Crippen LogP contribution in [0.3, 0.4) is 0 Å². The van der Waals surface area contributed by atoms with E-state index in [-0.39, 0.29) is 42.7 Å². The minimum atomic E-state index is -1.04.